The Morgan fingerprint density at radius 2 is 1.92 bits per heavy atom. The number of esters is 1. The van der Waals surface area contributed by atoms with Crippen molar-refractivity contribution in [3.63, 3.8) is 0 Å². The first-order valence-electron chi connectivity index (χ1n) is 12.4. The number of ether oxygens (including phenoxy) is 1. The van der Waals surface area contributed by atoms with Crippen molar-refractivity contribution in [1.29, 1.82) is 0 Å². The first kappa shape index (κ1) is 28.1. The molecule has 0 saturated carbocycles. The van der Waals surface area contributed by atoms with Gasteiger partial charge in [-0.25, -0.2) is 14.4 Å². The largest absolute Gasteiger partial charge is 0.463 e. The van der Waals surface area contributed by atoms with E-state index in [-0.39, 0.29) is 24.7 Å². The monoisotopic (exact) mass is 539 g/mol. The van der Waals surface area contributed by atoms with Crippen molar-refractivity contribution in [2.24, 2.45) is 0 Å². The van der Waals surface area contributed by atoms with E-state index in [2.05, 4.69) is 15.5 Å². The van der Waals surface area contributed by atoms with E-state index in [1.54, 1.807) is 30.0 Å². The number of urea groups is 2. The lowest BCUT2D eigenvalue weighted by atomic mass is 9.94. The minimum absolute atomic E-state index is 0.0272. The van der Waals surface area contributed by atoms with E-state index in [4.69, 9.17) is 27.9 Å². The molecule has 2 atom stereocenters. The molecule has 0 spiro atoms. The van der Waals surface area contributed by atoms with Crippen LogP contribution in [0.3, 0.4) is 0 Å². The summed E-state index contributed by atoms with van der Waals surface area (Å²) < 4.78 is 5.43. The Labute approximate surface area is 222 Å². The molecule has 2 N–H and O–H groups in total. The number of hydrogen-bond acceptors (Lipinski definition) is 5. The minimum Gasteiger partial charge on any atom is -0.463 e. The van der Waals surface area contributed by atoms with Gasteiger partial charge in [0.1, 0.15) is 0 Å². The van der Waals surface area contributed by atoms with Gasteiger partial charge in [0.15, 0.2) is 0 Å². The van der Waals surface area contributed by atoms with Crippen molar-refractivity contribution in [2.45, 2.75) is 46.2 Å². The van der Waals surface area contributed by atoms with E-state index in [0.29, 0.717) is 66.1 Å². The summed E-state index contributed by atoms with van der Waals surface area (Å²) in [6.45, 7) is 11.0. The third-order valence-corrected chi connectivity index (χ3v) is 7.14. The average Bonchev–Trinajstić information content (AvgIpc) is 2.84. The number of nitrogens with one attached hydrogen (secondary N) is 2. The summed E-state index contributed by atoms with van der Waals surface area (Å²) in [5, 5.41) is 6.58. The van der Waals surface area contributed by atoms with Crippen LogP contribution in [0.15, 0.2) is 29.5 Å². The number of piperazine rings is 1. The number of carbonyl (C=O) groups excluding carboxylic acids is 3. The van der Waals surface area contributed by atoms with Gasteiger partial charge < -0.3 is 20.3 Å². The Bertz CT molecular complexity index is 1020. The molecule has 1 aromatic rings. The predicted octanol–water partition coefficient (Wildman–Crippen LogP) is 4.02. The van der Waals surface area contributed by atoms with Gasteiger partial charge in [0.05, 0.1) is 28.3 Å². The maximum atomic E-state index is 13.3. The van der Waals surface area contributed by atoms with E-state index >= 15 is 0 Å². The maximum Gasteiger partial charge on any atom is 0.338 e. The number of halogens is 2. The zero-order valence-electron chi connectivity index (χ0n) is 21.3. The second-order valence-electron chi connectivity index (χ2n) is 8.89. The van der Waals surface area contributed by atoms with Gasteiger partial charge in [0.2, 0.25) is 0 Å². The molecule has 3 rings (SSSR count). The SMILES string of the molecule is CCCNC(=O)N1CCN(CC2=C(C(=O)OCC)[C@H](c3ccc(Cl)c(Cl)c3)NC(=O)N2CC)C[C@H]1C. The van der Waals surface area contributed by atoms with Crippen molar-refractivity contribution in [1.82, 2.24) is 25.3 Å². The average molecular weight is 540 g/mol. The van der Waals surface area contributed by atoms with Crippen molar-refractivity contribution in [3.8, 4) is 0 Å². The number of amides is 4. The fourth-order valence-corrected chi connectivity index (χ4v) is 4.93. The third-order valence-electron chi connectivity index (χ3n) is 6.40. The lowest BCUT2D eigenvalue weighted by Crippen LogP contribution is -2.58. The number of likely N-dealkylation sites (N-methyl/N-ethyl adjacent to an activating group) is 1. The first-order valence-corrected chi connectivity index (χ1v) is 13.2. The number of carbonyl (C=O) groups is 3. The summed E-state index contributed by atoms with van der Waals surface area (Å²) in [4.78, 5) is 44.5. The van der Waals surface area contributed by atoms with Gasteiger partial charge in [-0.2, -0.15) is 0 Å². The van der Waals surface area contributed by atoms with Gasteiger partial charge in [-0.1, -0.05) is 36.2 Å². The number of nitrogens with zero attached hydrogens (tertiary/aromatic N) is 3. The Hall–Kier alpha value is -2.49. The molecule has 36 heavy (non-hydrogen) atoms. The Morgan fingerprint density at radius 1 is 1.17 bits per heavy atom. The summed E-state index contributed by atoms with van der Waals surface area (Å²) in [5.74, 6) is -0.493. The van der Waals surface area contributed by atoms with E-state index in [1.807, 2.05) is 25.7 Å². The minimum atomic E-state index is -0.734. The molecule has 2 aliphatic heterocycles. The number of hydrogen-bond donors (Lipinski definition) is 2. The highest BCUT2D eigenvalue weighted by Crippen LogP contribution is 2.35. The Balaban J connectivity index is 1.95. The van der Waals surface area contributed by atoms with E-state index in [1.165, 1.54) is 0 Å². The van der Waals surface area contributed by atoms with Crippen LogP contribution in [0.5, 0.6) is 0 Å². The maximum absolute atomic E-state index is 13.3. The highest BCUT2D eigenvalue weighted by Gasteiger charge is 2.39. The zero-order chi connectivity index (χ0) is 26.4. The fraction of sp³-hybridized carbons (Fsp3) is 0.560. The van der Waals surface area contributed by atoms with E-state index < -0.39 is 12.0 Å². The zero-order valence-corrected chi connectivity index (χ0v) is 22.8. The van der Waals surface area contributed by atoms with Gasteiger partial charge in [-0.15, -0.1) is 0 Å². The molecule has 0 radical (unpaired) electrons. The second kappa shape index (κ2) is 12.7. The molecule has 1 fully saturated rings. The molecule has 0 aromatic heterocycles. The molecule has 4 amide bonds. The summed E-state index contributed by atoms with van der Waals surface area (Å²) in [6, 6.07) is 3.91. The van der Waals surface area contributed by atoms with Crippen LogP contribution in [0.25, 0.3) is 0 Å². The van der Waals surface area contributed by atoms with Crippen LogP contribution in [0.2, 0.25) is 10.0 Å². The Morgan fingerprint density at radius 3 is 2.53 bits per heavy atom. The molecule has 11 heteroatoms. The van der Waals surface area contributed by atoms with Crippen LogP contribution in [0.1, 0.15) is 45.7 Å². The smallest absolute Gasteiger partial charge is 0.338 e. The Kier molecular flexibility index (Phi) is 9.87. The number of benzene rings is 1. The van der Waals surface area contributed by atoms with Gasteiger partial charge in [0, 0.05) is 51.0 Å². The van der Waals surface area contributed by atoms with Crippen LogP contribution >= 0.6 is 23.2 Å². The summed E-state index contributed by atoms with van der Waals surface area (Å²) in [5.41, 5.74) is 1.60. The molecular weight excluding hydrogens is 505 g/mol. The molecular formula is C25H35Cl2N5O4. The predicted molar refractivity (Wildman–Crippen MR) is 140 cm³/mol. The van der Waals surface area contributed by atoms with Gasteiger partial charge >= 0.3 is 18.0 Å². The van der Waals surface area contributed by atoms with Crippen molar-refractivity contribution < 1.29 is 19.1 Å². The van der Waals surface area contributed by atoms with Gasteiger partial charge in [-0.3, -0.25) is 9.80 Å². The molecule has 198 valence electrons. The molecule has 1 aromatic carbocycles. The molecule has 0 aliphatic carbocycles. The first-order chi connectivity index (χ1) is 17.2. The fourth-order valence-electron chi connectivity index (χ4n) is 4.62. The lowest BCUT2D eigenvalue weighted by molar-refractivity contribution is -0.139. The third kappa shape index (κ3) is 6.25. The molecule has 9 nitrogen and oxygen atoms in total. The highest BCUT2D eigenvalue weighted by atomic mass is 35.5. The van der Waals surface area contributed by atoms with Crippen molar-refractivity contribution in [2.75, 3.05) is 45.9 Å². The molecule has 0 unspecified atom stereocenters. The van der Waals surface area contributed by atoms with E-state index in [9.17, 15) is 14.4 Å². The van der Waals surface area contributed by atoms with Crippen LogP contribution in [-0.4, -0.2) is 84.6 Å². The summed E-state index contributed by atoms with van der Waals surface area (Å²) >= 11 is 12.4. The van der Waals surface area contributed by atoms with Crippen LogP contribution in [0, 0.1) is 0 Å². The lowest BCUT2D eigenvalue weighted by Gasteiger charge is -2.42. The molecule has 0 bridgehead atoms. The topological polar surface area (TPSA) is 94.2 Å². The van der Waals surface area contributed by atoms with Crippen LogP contribution in [-0.2, 0) is 9.53 Å². The summed E-state index contributed by atoms with van der Waals surface area (Å²) in [6.07, 6.45) is 0.875. The second-order valence-corrected chi connectivity index (χ2v) is 9.71. The normalized spacial score (nSPS) is 20.9. The summed E-state index contributed by atoms with van der Waals surface area (Å²) in [7, 11) is 0. The molecule has 2 heterocycles. The quantitative estimate of drug-likeness (QED) is 0.486. The number of rotatable bonds is 8. The van der Waals surface area contributed by atoms with Gasteiger partial charge in [0.25, 0.3) is 0 Å². The van der Waals surface area contributed by atoms with Crippen LogP contribution in [0.4, 0.5) is 9.59 Å². The molecule has 1 saturated heterocycles. The molecule has 2 aliphatic rings. The van der Waals surface area contributed by atoms with E-state index in [0.717, 1.165) is 6.42 Å². The van der Waals surface area contributed by atoms with Crippen LogP contribution < -0.4 is 10.6 Å². The van der Waals surface area contributed by atoms with Gasteiger partial charge in [-0.05, 0) is 44.9 Å². The highest BCUT2D eigenvalue weighted by molar-refractivity contribution is 6.42. The van der Waals surface area contributed by atoms with Crippen molar-refractivity contribution >= 4 is 41.2 Å². The van der Waals surface area contributed by atoms with Crippen molar-refractivity contribution in [3.05, 3.63) is 45.1 Å². The standard InChI is InChI=1S/C25H35Cl2N5O4/c1-5-10-28-24(34)32-12-11-30(14-16(32)4)15-20-21(23(33)36-7-3)22(29-25(35)31(20)6-2)17-8-9-18(26)19(27)13-17/h8-9,13,16,22H,5-7,10-12,14-15H2,1-4H3,(H,28,34)(H,29,35)/t16-,22+/m1/s1.